The lowest BCUT2D eigenvalue weighted by Crippen LogP contribution is -2.28. The Morgan fingerprint density at radius 1 is 1.02 bits per heavy atom. The van der Waals surface area contributed by atoms with Crippen molar-refractivity contribution in [3.8, 4) is 12.3 Å². The Kier molecular flexibility index (Phi) is 12.1. The summed E-state index contributed by atoms with van der Waals surface area (Å²) < 4.78 is 40.5. The molecule has 0 fully saturated rings. The van der Waals surface area contributed by atoms with Crippen LogP contribution in [0, 0.1) is 12.3 Å². The van der Waals surface area contributed by atoms with Gasteiger partial charge in [0.1, 0.15) is 6.54 Å². The van der Waals surface area contributed by atoms with Crippen LogP contribution in [0.25, 0.3) is 0 Å². The molecule has 48 heavy (non-hydrogen) atoms. The van der Waals surface area contributed by atoms with Crippen LogP contribution in [0.2, 0.25) is 0 Å². The molecule has 2 heterocycles. The lowest BCUT2D eigenvalue weighted by atomic mass is 9.81. The first kappa shape index (κ1) is 37.1. The molecule has 0 radical (unpaired) electrons. The highest BCUT2D eigenvalue weighted by atomic mass is 32.2. The third-order valence-electron chi connectivity index (χ3n) is 8.89. The summed E-state index contributed by atoms with van der Waals surface area (Å²) in [5, 5.41) is 21.5. The number of carboxylic acids is 1. The smallest absolute Gasteiger partial charge is 0.303 e. The fraction of sp³-hybridized carbons (Fsp3) is 0.389. The van der Waals surface area contributed by atoms with Crippen LogP contribution in [-0.2, 0) is 35.1 Å². The number of allylic oxidation sites excluding steroid dienone is 6. The van der Waals surface area contributed by atoms with E-state index in [2.05, 4.69) is 44.7 Å². The van der Waals surface area contributed by atoms with Gasteiger partial charge in [-0.05, 0) is 75.1 Å². The molecule has 256 valence electrons. The van der Waals surface area contributed by atoms with Gasteiger partial charge in [0.05, 0.1) is 22.4 Å². The van der Waals surface area contributed by atoms with Crippen molar-refractivity contribution in [3.05, 3.63) is 83.6 Å². The fourth-order valence-corrected chi connectivity index (χ4v) is 7.36. The van der Waals surface area contributed by atoms with Gasteiger partial charge in [-0.15, -0.1) is 16.7 Å². The number of nitrogens with zero attached hydrogens (tertiary/aromatic N) is 2. The molecule has 0 amide bonds. The van der Waals surface area contributed by atoms with Gasteiger partial charge in [-0.2, -0.15) is 13.0 Å². The Labute approximate surface area is 287 Å². The van der Waals surface area contributed by atoms with Crippen LogP contribution in [0.15, 0.2) is 82.3 Å². The summed E-state index contributed by atoms with van der Waals surface area (Å²) in [6.45, 7) is 9.68. The van der Waals surface area contributed by atoms with Crippen molar-refractivity contribution in [3.63, 3.8) is 0 Å². The van der Waals surface area contributed by atoms with Crippen molar-refractivity contribution in [1.82, 2.24) is 0 Å². The summed E-state index contributed by atoms with van der Waals surface area (Å²) in [5.74, 6) is 1.87. The van der Waals surface area contributed by atoms with Crippen molar-refractivity contribution in [2.45, 2.75) is 86.8 Å². The first-order valence-electron chi connectivity index (χ1n) is 15.8. The topological polar surface area (TPSA) is 137 Å². The van der Waals surface area contributed by atoms with Crippen molar-refractivity contribution in [2.24, 2.45) is 0 Å². The monoisotopic (exact) mass is 695 g/mol. The summed E-state index contributed by atoms with van der Waals surface area (Å²) in [5.41, 5.74) is 4.92. The maximum absolute atomic E-state index is 11.9. The number of fused-ring (bicyclic) bond motifs is 2. The van der Waals surface area contributed by atoms with E-state index in [1.807, 2.05) is 56.4 Å². The van der Waals surface area contributed by atoms with Gasteiger partial charge >= 0.3 is 5.97 Å². The fourth-order valence-electron chi connectivity index (χ4n) is 6.46. The summed E-state index contributed by atoms with van der Waals surface area (Å²) in [7, 11) is -4.36. The zero-order valence-corrected chi connectivity index (χ0v) is 29.3. The Morgan fingerprint density at radius 3 is 2.48 bits per heavy atom. The average Bonchev–Trinajstić information content (AvgIpc) is 3.37. The van der Waals surface area contributed by atoms with Crippen LogP contribution in [0.3, 0.4) is 0 Å². The Bertz CT molecular complexity index is 1800. The number of hydrogen-bond donors (Lipinski definition) is 3. The van der Waals surface area contributed by atoms with E-state index < -0.39 is 26.9 Å². The molecule has 0 saturated heterocycles. The molecule has 0 aromatic heterocycles. The van der Waals surface area contributed by atoms with Gasteiger partial charge in [-0.3, -0.25) is 9.35 Å². The first-order valence-corrected chi connectivity index (χ1v) is 18.0. The summed E-state index contributed by atoms with van der Waals surface area (Å²) >= 11 is 0.899. The second-order valence-corrected chi connectivity index (χ2v) is 15.0. The minimum Gasteiger partial charge on any atom is -0.481 e. The molecular weight excluding hydrogens is 653 g/mol. The highest BCUT2D eigenvalue weighted by Crippen LogP contribution is 2.48. The molecule has 2 aliphatic heterocycles. The van der Waals surface area contributed by atoms with Crippen LogP contribution in [0.4, 0.5) is 11.4 Å². The molecule has 0 aliphatic carbocycles. The summed E-state index contributed by atoms with van der Waals surface area (Å²) in [6, 6.07) is 10.6. The minimum absolute atomic E-state index is 0.110. The quantitative estimate of drug-likeness (QED) is 0.0236. The molecule has 2 aromatic rings. The highest BCUT2D eigenvalue weighted by Gasteiger charge is 2.44. The van der Waals surface area contributed by atoms with Crippen LogP contribution >= 0.6 is 12.0 Å². The number of anilines is 1. The van der Waals surface area contributed by atoms with E-state index in [-0.39, 0.29) is 11.3 Å². The first-order chi connectivity index (χ1) is 22.7. The number of hydrogen-bond acceptors (Lipinski definition) is 8. The number of unbranched alkanes of at least 4 members (excludes halogenated alkanes) is 3. The molecule has 0 bridgehead atoms. The van der Waals surface area contributed by atoms with E-state index in [1.165, 1.54) is 6.07 Å². The third-order valence-corrected chi connectivity index (χ3v) is 10.3. The third kappa shape index (κ3) is 8.29. The largest absolute Gasteiger partial charge is 0.481 e. The molecule has 2 aliphatic rings. The van der Waals surface area contributed by atoms with Gasteiger partial charge in [0, 0.05) is 65.2 Å². The predicted molar refractivity (Wildman–Crippen MR) is 187 cm³/mol. The Balaban J connectivity index is 1.65. The van der Waals surface area contributed by atoms with Crippen molar-refractivity contribution in [2.75, 3.05) is 18.0 Å². The standard InChI is InChI=1S/C36H42N2O8S2/c1-6-7-8-13-22-37-31-21-19-27(48(42,43)44)25-29(31)36(4,5)33(37)16-11-9-10-15-32-35(2,3)28-24-26(47-46-45-41)18-20-30(28)38(32)23-14-12-17-34(39)40/h1,9-11,15-16,18-21,24-25H,7-8,12-14,17,22-23H2,2-5H3,(H2-,39,40,41,42,43,44)/p+1. The van der Waals surface area contributed by atoms with E-state index in [0.29, 0.717) is 32.4 Å². The van der Waals surface area contributed by atoms with Crippen molar-refractivity contribution in [1.29, 1.82) is 0 Å². The van der Waals surface area contributed by atoms with Gasteiger partial charge in [-0.1, -0.05) is 37.1 Å². The number of benzene rings is 2. The van der Waals surface area contributed by atoms with Crippen LogP contribution in [0.1, 0.15) is 77.3 Å². The maximum atomic E-state index is 11.9. The van der Waals surface area contributed by atoms with E-state index in [0.717, 1.165) is 63.7 Å². The number of carbonyl (C=O) groups is 1. The number of aliphatic carboxylic acids is 1. The average molecular weight is 696 g/mol. The Hall–Kier alpha value is -3.70. The molecule has 0 unspecified atom stereocenters. The molecular formula is C36H43N2O8S2+. The molecule has 3 N–H and O–H groups in total. The summed E-state index contributed by atoms with van der Waals surface area (Å²) in [4.78, 5) is 13.9. The number of rotatable bonds is 16. The van der Waals surface area contributed by atoms with Crippen LogP contribution < -0.4 is 4.90 Å². The number of terminal acetylenes is 1. The zero-order chi connectivity index (χ0) is 35.1. The normalized spacial score (nSPS) is 17.4. The molecule has 4 rings (SSSR count). The van der Waals surface area contributed by atoms with Crippen LogP contribution in [0.5, 0.6) is 0 Å². The molecule has 0 spiro atoms. The molecule has 0 saturated carbocycles. The number of carboxylic acid groups (broad SMARTS) is 1. The van der Waals surface area contributed by atoms with Crippen molar-refractivity contribution < 1.29 is 42.1 Å². The van der Waals surface area contributed by atoms with Crippen molar-refractivity contribution >= 4 is 45.2 Å². The predicted octanol–water partition coefficient (Wildman–Crippen LogP) is 7.59. The maximum Gasteiger partial charge on any atom is 0.303 e. The highest BCUT2D eigenvalue weighted by molar-refractivity contribution is 7.94. The van der Waals surface area contributed by atoms with E-state index >= 15 is 0 Å². The Morgan fingerprint density at radius 2 is 1.79 bits per heavy atom. The zero-order valence-electron chi connectivity index (χ0n) is 27.7. The van der Waals surface area contributed by atoms with Gasteiger partial charge in [0.25, 0.3) is 10.1 Å². The van der Waals surface area contributed by atoms with Gasteiger partial charge < -0.3 is 10.0 Å². The minimum atomic E-state index is -4.36. The van der Waals surface area contributed by atoms with E-state index in [4.69, 9.17) is 16.8 Å². The molecule has 12 heteroatoms. The van der Waals surface area contributed by atoms with Gasteiger partial charge in [-0.25, -0.2) is 5.26 Å². The van der Waals surface area contributed by atoms with E-state index in [9.17, 15) is 17.8 Å². The van der Waals surface area contributed by atoms with Gasteiger partial charge in [0.15, 0.2) is 5.71 Å². The molecule has 0 atom stereocenters. The molecule has 10 nitrogen and oxygen atoms in total. The van der Waals surface area contributed by atoms with Crippen LogP contribution in [-0.4, -0.2) is 52.7 Å². The van der Waals surface area contributed by atoms with Gasteiger partial charge in [0.2, 0.25) is 5.69 Å². The lowest BCUT2D eigenvalue weighted by molar-refractivity contribution is -0.438. The molecule has 2 aromatic carbocycles. The SMILES string of the molecule is C#CCCCCN1/C(=C/C=C/C=C/C2=[N+](CCCCC(=O)O)c3ccc(SOOO)cc3C2(C)C)C(C)(C)c2cc(S(=O)(=O)O)ccc21. The van der Waals surface area contributed by atoms with E-state index in [1.54, 1.807) is 12.1 Å². The second kappa shape index (κ2) is 15.7. The second-order valence-electron chi connectivity index (χ2n) is 12.8. The lowest BCUT2D eigenvalue weighted by Gasteiger charge is -2.27. The summed E-state index contributed by atoms with van der Waals surface area (Å²) in [6.07, 6.45) is 19.2.